The number of nitrogens with zero attached hydrogens (tertiary/aromatic N) is 5. The van der Waals surface area contributed by atoms with Crippen molar-refractivity contribution < 1.29 is 14.3 Å². The molecule has 0 saturated carbocycles. The summed E-state index contributed by atoms with van der Waals surface area (Å²) in [6, 6.07) is 6.59. The van der Waals surface area contributed by atoms with Gasteiger partial charge in [0.05, 0.1) is 42.5 Å². The van der Waals surface area contributed by atoms with Gasteiger partial charge in [-0.1, -0.05) is 0 Å². The number of carbonyl (C=O) groups excluding carboxylic acids is 2. The molecule has 1 fully saturated rings. The van der Waals surface area contributed by atoms with E-state index in [1.54, 1.807) is 43.2 Å². The van der Waals surface area contributed by atoms with Crippen molar-refractivity contribution in [1.82, 2.24) is 24.6 Å². The molecule has 3 heterocycles. The van der Waals surface area contributed by atoms with Gasteiger partial charge in [0.1, 0.15) is 17.3 Å². The molecule has 154 valence electrons. The molecular weight excluding hydrogens is 384 g/mol. The molecule has 1 aliphatic heterocycles. The van der Waals surface area contributed by atoms with E-state index in [9.17, 15) is 9.59 Å². The van der Waals surface area contributed by atoms with Gasteiger partial charge < -0.3 is 15.4 Å². The van der Waals surface area contributed by atoms with Gasteiger partial charge in [0.15, 0.2) is 5.78 Å². The minimum absolute atomic E-state index is 0.224. The van der Waals surface area contributed by atoms with E-state index in [-0.39, 0.29) is 23.2 Å². The molecule has 1 amide bonds. The van der Waals surface area contributed by atoms with Gasteiger partial charge in [-0.2, -0.15) is 5.10 Å². The van der Waals surface area contributed by atoms with Crippen molar-refractivity contribution in [2.75, 3.05) is 19.4 Å². The number of methoxy groups -OCH3 is 1. The maximum Gasteiger partial charge on any atom is 0.274 e. The molecule has 0 bridgehead atoms. The molecule has 9 nitrogen and oxygen atoms in total. The number of rotatable bonds is 5. The minimum atomic E-state index is -0.601. The van der Waals surface area contributed by atoms with Gasteiger partial charge in [0.25, 0.3) is 5.91 Å². The van der Waals surface area contributed by atoms with Gasteiger partial charge in [-0.3, -0.25) is 14.6 Å². The number of benzene rings is 1. The van der Waals surface area contributed by atoms with E-state index in [0.29, 0.717) is 30.0 Å². The van der Waals surface area contributed by atoms with Crippen LogP contribution >= 0.6 is 0 Å². The minimum Gasteiger partial charge on any atom is -0.497 e. The molecule has 0 unspecified atom stereocenters. The fourth-order valence-corrected chi connectivity index (χ4v) is 3.59. The molecule has 2 aromatic heterocycles. The molecular formula is C21H22N6O3. The highest BCUT2D eigenvalue weighted by molar-refractivity contribution is 6.06. The van der Waals surface area contributed by atoms with Gasteiger partial charge in [-0.15, -0.1) is 0 Å². The number of hydrogen-bond donors (Lipinski definition) is 1. The van der Waals surface area contributed by atoms with Crippen LogP contribution in [0.3, 0.4) is 0 Å². The number of aryl methyl sites for hydroxylation is 1. The summed E-state index contributed by atoms with van der Waals surface area (Å²) in [6.45, 7) is 2.28. The second kappa shape index (κ2) is 7.94. The number of nitrogen functional groups attached to an aromatic ring is 1. The van der Waals surface area contributed by atoms with Crippen LogP contribution in [-0.2, 0) is 0 Å². The largest absolute Gasteiger partial charge is 0.497 e. The number of ketones is 1. The molecule has 1 atom stereocenters. The lowest BCUT2D eigenvalue weighted by atomic mass is 10.0. The Kier molecular flexibility index (Phi) is 5.18. The first-order valence-electron chi connectivity index (χ1n) is 9.61. The Bertz CT molecular complexity index is 1080. The van der Waals surface area contributed by atoms with Crippen LogP contribution in [0, 0.1) is 6.92 Å². The van der Waals surface area contributed by atoms with Crippen molar-refractivity contribution in [1.29, 1.82) is 0 Å². The SMILES string of the molecule is COc1ccc(-n2ncc(C(=O)[C@H]3CCCN3C(=O)c3cnc(C)cn3)c2N)cc1. The fraction of sp³-hybridized carbons (Fsp3) is 0.286. The second-order valence-electron chi connectivity index (χ2n) is 7.12. The first kappa shape index (κ1) is 19.6. The van der Waals surface area contributed by atoms with Crippen LogP contribution in [0.2, 0.25) is 0 Å². The second-order valence-corrected chi connectivity index (χ2v) is 7.12. The maximum absolute atomic E-state index is 13.2. The number of ether oxygens (including phenoxy) is 1. The summed E-state index contributed by atoms with van der Waals surface area (Å²) in [4.78, 5) is 35.9. The van der Waals surface area contributed by atoms with Gasteiger partial charge in [0, 0.05) is 12.7 Å². The normalized spacial score (nSPS) is 15.9. The molecule has 4 rings (SSSR count). The van der Waals surface area contributed by atoms with E-state index >= 15 is 0 Å². The Morgan fingerprint density at radius 1 is 1.13 bits per heavy atom. The maximum atomic E-state index is 13.2. The molecule has 30 heavy (non-hydrogen) atoms. The quantitative estimate of drug-likeness (QED) is 0.645. The van der Waals surface area contributed by atoms with Crippen molar-refractivity contribution in [2.45, 2.75) is 25.8 Å². The fourth-order valence-electron chi connectivity index (χ4n) is 3.59. The topological polar surface area (TPSA) is 116 Å². The van der Waals surface area contributed by atoms with Gasteiger partial charge in [-0.25, -0.2) is 9.67 Å². The Morgan fingerprint density at radius 2 is 1.90 bits per heavy atom. The van der Waals surface area contributed by atoms with E-state index in [1.165, 1.54) is 23.3 Å². The van der Waals surface area contributed by atoms with E-state index in [2.05, 4.69) is 15.1 Å². The first-order valence-corrected chi connectivity index (χ1v) is 9.61. The van der Waals surface area contributed by atoms with Crippen LogP contribution < -0.4 is 10.5 Å². The average molecular weight is 406 g/mol. The van der Waals surface area contributed by atoms with Crippen LogP contribution in [-0.4, -0.2) is 56.0 Å². The third kappa shape index (κ3) is 3.49. The summed E-state index contributed by atoms with van der Waals surface area (Å²) >= 11 is 0. The zero-order valence-electron chi connectivity index (χ0n) is 16.8. The monoisotopic (exact) mass is 406 g/mol. The molecule has 1 aliphatic rings. The number of nitrogens with two attached hydrogens (primary N) is 1. The number of carbonyl (C=O) groups is 2. The highest BCUT2D eigenvalue weighted by Gasteiger charge is 2.37. The molecule has 0 spiro atoms. The van der Waals surface area contributed by atoms with Crippen LogP contribution in [0.15, 0.2) is 42.9 Å². The van der Waals surface area contributed by atoms with Crippen LogP contribution in [0.1, 0.15) is 39.4 Å². The summed E-state index contributed by atoms with van der Waals surface area (Å²) in [5.74, 6) is 0.414. The number of aromatic nitrogens is 4. The summed E-state index contributed by atoms with van der Waals surface area (Å²) in [5.41, 5.74) is 8.20. The van der Waals surface area contributed by atoms with E-state index < -0.39 is 6.04 Å². The zero-order chi connectivity index (χ0) is 21.3. The van der Waals surface area contributed by atoms with Gasteiger partial charge >= 0.3 is 0 Å². The Balaban J connectivity index is 1.58. The standard InChI is InChI=1S/C21H22N6O3/c1-13-10-24-17(12-23-13)21(29)26-9-3-4-18(26)19(28)16-11-25-27(20(16)22)14-5-7-15(30-2)8-6-14/h5-8,10-12,18H,3-4,9,22H2,1-2H3/t18-/m1/s1. The number of hydrogen-bond acceptors (Lipinski definition) is 7. The number of likely N-dealkylation sites (tertiary alicyclic amines) is 1. The molecule has 9 heteroatoms. The summed E-state index contributed by atoms with van der Waals surface area (Å²) < 4.78 is 6.66. The van der Waals surface area contributed by atoms with Gasteiger partial charge in [-0.05, 0) is 44.0 Å². The average Bonchev–Trinajstić information content (AvgIpc) is 3.40. The summed E-state index contributed by atoms with van der Waals surface area (Å²) in [7, 11) is 1.59. The number of anilines is 1. The lowest BCUT2D eigenvalue weighted by molar-refractivity contribution is 0.0667. The third-order valence-corrected chi connectivity index (χ3v) is 5.21. The van der Waals surface area contributed by atoms with Crippen molar-refractivity contribution >= 4 is 17.5 Å². The summed E-state index contributed by atoms with van der Waals surface area (Å²) in [5, 5.41) is 4.28. The van der Waals surface area contributed by atoms with Gasteiger partial charge in [0.2, 0.25) is 0 Å². The smallest absolute Gasteiger partial charge is 0.274 e. The van der Waals surface area contributed by atoms with Crippen LogP contribution in [0.25, 0.3) is 5.69 Å². The molecule has 1 aromatic carbocycles. The van der Waals surface area contributed by atoms with Crippen molar-refractivity contribution in [3.8, 4) is 11.4 Å². The molecule has 2 N–H and O–H groups in total. The summed E-state index contributed by atoms with van der Waals surface area (Å²) in [6.07, 6.45) is 5.73. The lowest BCUT2D eigenvalue weighted by Crippen LogP contribution is -2.41. The molecule has 3 aromatic rings. The highest BCUT2D eigenvalue weighted by Crippen LogP contribution is 2.26. The molecule has 0 aliphatic carbocycles. The Morgan fingerprint density at radius 3 is 2.57 bits per heavy atom. The van der Waals surface area contributed by atoms with Crippen molar-refractivity contribution in [3.63, 3.8) is 0 Å². The molecule has 1 saturated heterocycles. The highest BCUT2D eigenvalue weighted by atomic mass is 16.5. The lowest BCUT2D eigenvalue weighted by Gasteiger charge is -2.23. The first-order chi connectivity index (χ1) is 14.5. The Hall–Kier alpha value is -3.75. The predicted octanol–water partition coefficient (Wildman–Crippen LogP) is 2.05. The number of amides is 1. The van der Waals surface area contributed by atoms with E-state index in [0.717, 1.165) is 12.1 Å². The van der Waals surface area contributed by atoms with Crippen molar-refractivity contribution in [3.05, 3.63) is 59.8 Å². The zero-order valence-corrected chi connectivity index (χ0v) is 16.8. The van der Waals surface area contributed by atoms with Crippen molar-refractivity contribution in [2.24, 2.45) is 0 Å². The molecule has 0 radical (unpaired) electrons. The third-order valence-electron chi connectivity index (χ3n) is 5.21. The predicted molar refractivity (Wildman–Crippen MR) is 110 cm³/mol. The van der Waals surface area contributed by atoms with E-state index in [1.807, 2.05) is 0 Å². The van der Waals surface area contributed by atoms with Crippen LogP contribution in [0.4, 0.5) is 5.82 Å². The number of Topliss-reactive ketones (excluding diaryl/α,β-unsaturated/α-hetero) is 1. The Labute approximate surface area is 173 Å². The van der Waals surface area contributed by atoms with E-state index in [4.69, 9.17) is 10.5 Å². The van der Waals surface area contributed by atoms with Crippen LogP contribution in [0.5, 0.6) is 5.75 Å².